The number of nitrogens with two attached hydrogens (primary N) is 1. The molecule has 0 aromatic heterocycles. The van der Waals surface area contributed by atoms with E-state index in [1.165, 1.54) is 30.3 Å². The molecule has 0 fully saturated rings. The summed E-state index contributed by atoms with van der Waals surface area (Å²) < 4.78 is 81.8. The average Bonchev–Trinajstić information content (AvgIpc) is 2.58. The standard InChI is InChI=1S/C16H10NO7S3/c17-11-5-12(25-18)8-2-4-10-14(27(22,23)24)6-13(26(19,20)21)9-3-1-7(11)15(8)16(9)10/h1-6H,17H2,(H,19,20,21)(H,22,23,24)/p-2. The Kier molecular flexibility index (Phi) is 3.83. The van der Waals surface area contributed by atoms with Gasteiger partial charge in [-0.25, -0.2) is 16.8 Å². The third-order valence-corrected chi connectivity index (χ3v) is 6.72. The fraction of sp³-hybridized carbons (Fsp3) is 0. The smallest absolute Gasteiger partial charge is 0.125 e. The van der Waals surface area contributed by atoms with Crippen LogP contribution >= 0.6 is 12.0 Å². The van der Waals surface area contributed by atoms with Crippen LogP contribution in [0.1, 0.15) is 0 Å². The predicted octanol–water partition coefficient (Wildman–Crippen LogP) is 2.41. The monoisotopic (exact) mass is 422 g/mol. The van der Waals surface area contributed by atoms with E-state index in [2.05, 4.69) is 0 Å². The summed E-state index contributed by atoms with van der Waals surface area (Å²) in [5, 5.41) is 1.16. The number of rotatable bonds is 3. The molecule has 4 aromatic carbocycles. The van der Waals surface area contributed by atoms with Gasteiger partial charge in [0.25, 0.3) is 0 Å². The maximum absolute atomic E-state index is 11.7. The molecule has 0 aliphatic heterocycles. The molecule has 0 bridgehead atoms. The third-order valence-electron chi connectivity index (χ3n) is 4.45. The van der Waals surface area contributed by atoms with Gasteiger partial charge in [0, 0.05) is 32.1 Å². The molecule has 27 heavy (non-hydrogen) atoms. The van der Waals surface area contributed by atoms with Gasteiger partial charge in [0.1, 0.15) is 20.2 Å². The summed E-state index contributed by atoms with van der Waals surface area (Å²) in [5.74, 6) is 0. The van der Waals surface area contributed by atoms with E-state index in [1.807, 2.05) is 0 Å². The Balaban J connectivity index is 2.44. The first-order valence-electron chi connectivity index (χ1n) is 7.29. The van der Waals surface area contributed by atoms with E-state index in [1.54, 1.807) is 0 Å². The molecule has 0 unspecified atom stereocenters. The summed E-state index contributed by atoms with van der Waals surface area (Å²) >= 11 is 0.165. The normalized spacial score (nSPS) is 13.1. The highest BCUT2D eigenvalue weighted by Gasteiger charge is 2.21. The predicted molar refractivity (Wildman–Crippen MR) is 97.0 cm³/mol. The van der Waals surface area contributed by atoms with Gasteiger partial charge in [-0.1, -0.05) is 24.3 Å². The molecule has 139 valence electrons. The van der Waals surface area contributed by atoms with Crippen molar-refractivity contribution in [3.63, 3.8) is 0 Å². The van der Waals surface area contributed by atoms with Gasteiger partial charge < -0.3 is 14.8 Å². The molecule has 4 rings (SSSR count). The van der Waals surface area contributed by atoms with E-state index in [4.69, 9.17) is 5.73 Å². The van der Waals surface area contributed by atoms with Crippen molar-refractivity contribution in [1.29, 1.82) is 0 Å². The summed E-state index contributed by atoms with van der Waals surface area (Å²) in [6.07, 6.45) is 0. The molecular weight excluding hydrogens is 414 g/mol. The van der Waals surface area contributed by atoms with Crippen LogP contribution in [0.2, 0.25) is 0 Å². The van der Waals surface area contributed by atoms with E-state index in [-0.39, 0.29) is 38.8 Å². The Morgan fingerprint density at radius 3 is 1.67 bits per heavy atom. The summed E-state index contributed by atoms with van der Waals surface area (Å²) in [4.78, 5) is -1.40. The molecule has 1 radical (unpaired) electrons. The molecule has 8 nitrogen and oxygen atoms in total. The van der Waals surface area contributed by atoms with Crippen molar-refractivity contribution >= 4 is 70.3 Å². The second-order valence-corrected chi connectivity index (χ2v) is 9.20. The van der Waals surface area contributed by atoms with Crippen LogP contribution in [0, 0.1) is 0 Å². The maximum Gasteiger partial charge on any atom is 0.125 e. The lowest BCUT2D eigenvalue weighted by atomic mass is 9.93. The third kappa shape index (κ3) is 2.63. The number of benzene rings is 4. The molecule has 0 heterocycles. The van der Waals surface area contributed by atoms with Crippen LogP contribution in [-0.2, 0) is 24.8 Å². The highest BCUT2D eigenvalue weighted by molar-refractivity contribution is 7.93. The SMILES string of the molecule is Nc1cc(S[O])c2ccc3c(S(=O)(=O)[O-])cc(S(=O)(=O)[O-])c4ccc1c2c43. The molecule has 0 saturated heterocycles. The van der Waals surface area contributed by atoms with E-state index in [9.17, 15) is 30.5 Å². The molecule has 0 amide bonds. The fourth-order valence-electron chi connectivity index (χ4n) is 3.41. The van der Waals surface area contributed by atoms with Crippen molar-refractivity contribution in [2.45, 2.75) is 14.7 Å². The van der Waals surface area contributed by atoms with Crippen LogP contribution in [0.4, 0.5) is 5.69 Å². The van der Waals surface area contributed by atoms with Crippen molar-refractivity contribution in [2.24, 2.45) is 0 Å². The minimum Gasteiger partial charge on any atom is -0.744 e. The fourth-order valence-corrected chi connectivity index (χ4v) is 5.32. The molecule has 0 atom stereocenters. The summed E-state index contributed by atoms with van der Waals surface area (Å²) in [6.45, 7) is 0. The maximum atomic E-state index is 11.7. The lowest BCUT2D eigenvalue weighted by Crippen LogP contribution is -2.06. The quantitative estimate of drug-likeness (QED) is 0.228. The summed E-state index contributed by atoms with van der Waals surface area (Å²) in [7, 11) is -10.2. The lowest BCUT2D eigenvalue weighted by Gasteiger charge is -2.21. The van der Waals surface area contributed by atoms with Crippen molar-refractivity contribution in [1.82, 2.24) is 0 Å². The zero-order chi connectivity index (χ0) is 19.7. The number of hydrogen-bond acceptors (Lipinski definition) is 8. The van der Waals surface area contributed by atoms with Gasteiger partial charge in [-0.3, -0.25) is 0 Å². The second-order valence-electron chi connectivity index (χ2n) is 5.90. The average molecular weight is 422 g/mol. The Bertz CT molecular complexity index is 1410. The van der Waals surface area contributed by atoms with Crippen molar-refractivity contribution in [3.05, 3.63) is 36.4 Å². The van der Waals surface area contributed by atoms with Gasteiger partial charge >= 0.3 is 0 Å². The van der Waals surface area contributed by atoms with Gasteiger partial charge in [-0.05, 0) is 22.9 Å². The molecule has 2 N–H and O–H groups in total. The van der Waals surface area contributed by atoms with Crippen LogP contribution < -0.4 is 5.73 Å². The number of anilines is 1. The molecule has 0 saturated carbocycles. The van der Waals surface area contributed by atoms with E-state index < -0.39 is 30.0 Å². The van der Waals surface area contributed by atoms with E-state index >= 15 is 0 Å². The molecule has 0 aliphatic carbocycles. The zero-order valence-corrected chi connectivity index (χ0v) is 15.6. The highest BCUT2D eigenvalue weighted by atomic mass is 32.2. The first-order chi connectivity index (χ1) is 12.5. The Morgan fingerprint density at radius 1 is 0.741 bits per heavy atom. The minimum absolute atomic E-state index is 0.0436. The number of hydrogen-bond donors (Lipinski definition) is 1. The largest absolute Gasteiger partial charge is 0.744 e. The van der Waals surface area contributed by atoms with Gasteiger partial charge in [0.2, 0.25) is 0 Å². The van der Waals surface area contributed by atoms with Crippen molar-refractivity contribution in [2.75, 3.05) is 5.73 Å². The van der Waals surface area contributed by atoms with Crippen LogP contribution in [0.3, 0.4) is 0 Å². The molecule has 0 spiro atoms. The first-order valence-corrected chi connectivity index (χ1v) is 10.9. The van der Waals surface area contributed by atoms with Gasteiger partial charge in [0.15, 0.2) is 0 Å². The molecule has 4 aromatic rings. The lowest BCUT2D eigenvalue weighted by molar-refractivity contribution is 0.462. The van der Waals surface area contributed by atoms with Gasteiger partial charge in [-0.15, -0.1) is 4.55 Å². The zero-order valence-electron chi connectivity index (χ0n) is 13.1. The van der Waals surface area contributed by atoms with Crippen LogP contribution in [0.5, 0.6) is 0 Å². The van der Waals surface area contributed by atoms with E-state index in [0.29, 0.717) is 22.2 Å². The Hall–Kier alpha value is -2.15. The Morgan fingerprint density at radius 2 is 1.19 bits per heavy atom. The van der Waals surface area contributed by atoms with Crippen molar-refractivity contribution < 1.29 is 30.5 Å². The summed E-state index contributed by atoms with van der Waals surface area (Å²) in [5.41, 5.74) is 6.20. The van der Waals surface area contributed by atoms with Gasteiger partial charge in [0.05, 0.1) is 21.8 Å². The molecular formula is C16H8NO7S3-2. The van der Waals surface area contributed by atoms with Crippen molar-refractivity contribution in [3.8, 4) is 0 Å². The first kappa shape index (κ1) is 18.2. The van der Waals surface area contributed by atoms with Crippen LogP contribution in [-0.4, -0.2) is 25.9 Å². The summed E-state index contributed by atoms with van der Waals surface area (Å²) in [6, 6.07) is 7.63. The van der Waals surface area contributed by atoms with Crippen LogP contribution in [0.25, 0.3) is 32.3 Å². The molecule has 11 heteroatoms. The Labute approximate surface area is 157 Å². The highest BCUT2D eigenvalue weighted by Crippen LogP contribution is 2.44. The topological polar surface area (TPSA) is 160 Å². The van der Waals surface area contributed by atoms with Gasteiger partial charge in [-0.2, -0.15) is 0 Å². The van der Waals surface area contributed by atoms with E-state index in [0.717, 1.165) is 0 Å². The van der Waals surface area contributed by atoms with Crippen LogP contribution in [0.15, 0.2) is 51.1 Å². The molecule has 0 aliphatic rings. The number of nitrogen functional groups attached to an aromatic ring is 1. The second kappa shape index (κ2) is 5.67. The minimum atomic E-state index is -5.09.